The predicted octanol–water partition coefficient (Wildman–Crippen LogP) is 5.05. The standard InChI is InChI=1S/C17H18Cl2N2O/c1-10-5-4-6-15(11(10)2)20-12(3)17(22)21-16-8-7-13(18)9-14(16)19/h4-9,12,20H,1-3H3,(H,21,22)/t12-/m0/s1. The zero-order valence-electron chi connectivity index (χ0n) is 12.7. The summed E-state index contributed by atoms with van der Waals surface area (Å²) in [4.78, 5) is 12.3. The Morgan fingerprint density at radius 1 is 1.09 bits per heavy atom. The van der Waals surface area contributed by atoms with E-state index in [2.05, 4.69) is 10.6 Å². The molecule has 2 rings (SSSR count). The van der Waals surface area contributed by atoms with Gasteiger partial charge < -0.3 is 10.6 Å². The highest BCUT2D eigenvalue weighted by Crippen LogP contribution is 2.26. The molecule has 0 spiro atoms. The molecule has 22 heavy (non-hydrogen) atoms. The van der Waals surface area contributed by atoms with Crippen molar-refractivity contribution in [3.8, 4) is 0 Å². The van der Waals surface area contributed by atoms with E-state index < -0.39 is 6.04 Å². The Morgan fingerprint density at radius 3 is 2.50 bits per heavy atom. The van der Waals surface area contributed by atoms with E-state index in [1.54, 1.807) is 25.1 Å². The minimum absolute atomic E-state index is 0.162. The van der Waals surface area contributed by atoms with E-state index in [-0.39, 0.29) is 5.91 Å². The van der Waals surface area contributed by atoms with E-state index >= 15 is 0 Å². The molecule has 1 amide bonds. The quantitative estimate of drug-likeness (QED) is 0.820. The first-order valence-electron chi connectivity index (χ1n) is 6.97. The number of nitrogens with one attached hydrogen (secondary N) is 2. The zero-order valence-corrected chi connectivity index (χ0v) is 14.2. The lowest BCUT2D eigenvalue weighted by atomic mass is 10.1. The molecule has 0 aromatic heterocycles. The van der Waals surface area contributed by atoms with Crippen LogP contribution in [0.3, 0.4) is 0 Å². The van der Waals surface area contributed by atoms with Gasteiger partial charge in [-0.25, -0.2) is 0 Å². The summed E-state index contributed by atoms with van der Waals surface area (Å²) in [5.74, 6) is -0.162. The lowest BCUT2D eigenvalue weighted by molar-refractivity contribution is -0.116. The first-order valence-corrected chi connectivity index (χ1v) is 7.72. The fourth-order valence-electron chi connectivity index (χ4n) is 2.04. The Morgan fingerprint density at radius 2 is 1.82 bits per heavy atom. The maximum Gasteiger partial charge on any atom is 0.246 e. The molecule has 1 atom stereocenters. The highest BCUT2D eigenvalue weighted by Gasteiger charge is 2.15. The third kappa shape index (κ3) is 3.93. The average Bonchev–Trinajstić information content (AvgIpc) is 2.46. The number of hydrogen-bond acceptors (Lipinski definition) is 2. The van der Waals surface area contributed by atoms with E-state index in [9.17, 15) is 4.79 Å². The van der Waals surface area contributed by atoms with Crippen LogP contribution < -0.4 is 10.6 Å². The Balaban J connectivity index is 2.07. The molecule has 0 unspecified atom stereocenters. The topological polar surface area (TPSA) is 41.1 Å². The summed E-state index contributed by atoms with van der Waals surface area (Å²) in [5.41, 5.74) is 3.81. The predicted molar refractivity (Wildman–Crippen MR) is 94.1 cm³/mol. The number of anilines is 2. The van der Waals surface area contributed by atoms with Gasteiger partial charge >= 0.3 is 0 Å². The number of amides is 1. The average molecular weight is 337 g/mol. The van der Waals surface area contributed by atoms with Gasteiger partial charge in [-0.2, -0.15) is 0 Å². The molecule has 5 heteroatoms. The second-order valence-electron chi connectivity index (χ2n) is 5.23. The van der Waals surface area contributed by atoms with Gasteiger partial charge in [-0.3, -0.25) is 4.79 Å². The van der Waals surface area contributed by atoms with Crippen molar-refractivity contribution < 1.29 is 4.79 Å². The van der Waals surface area contributed by atoms with Gasteiger partial charge in [-0.1, -0.05) is 35.3 Å². The molecule has 0 fully saturated rings. The largest absolute Gasteiger partial charge is 0.374 e. The fourth-order valence-corrected chi connectivity index (χ4v) is 2.49. The van der Waals surface area contributed by atoms with E-state index in [1.807, 2.05) is 32.0 Å². The van der Waals surface area contributed by atoms with Crippen molar-refractivity contribution in [3.63, 3.8) is 0 Å². The Bertz CT molecular complexity index is 701. The Labute approximate surface area is 140 Å². The molecule has 0 heterocycles. The van der Waals surface area contributed by atoms with Crippen LogP contribution in [0.2, 0.25) is 10.0 Å². The highest BCUT2D eigenvalue weighted by molar-refractivity contribution is 6.36. The van der Waals surface area contributed by atoms with Gasteiger partial charge in [-0.05, 0) is 56.2 Å². The van der Waals surface area contributed by atoms with Gasteiger partial charge in [-0.15, -0.1) is 0 Å². The first kappa shape index (κ1) is 16.7. The van der Waals surface area contributed by atoms with Crippen LogP contribution in [0.5, 0.6) is 0 Å². The summed E-state index contributed by atoms with van der Waals surface area (Å²) in [5, 5.41) is 6.97. The van der Waals surface area contributed by atoms with Crippen molar-refractivity contribution in [2.75, 3.05) is 10.6 Å². The lowest BCUT2D eigenvalue weighted by Crippen LogP contribution is -2.32. The van der Waals surface area contributed by atoms with Crippen molar-refractivity contribution in [1.29, 1.82) is 0 Å². The molecule has 0 radical (unpaired) electrons. The molecular formula is C17H18Cl2N2O. The molecule has 2 aromatic rings. The van der Waals surface area contributed by atoms with E-state index in [1.165, 1.54) is 5.56 Å². The summed E-state index contributed by atoms with van der Waals surface area (Å²) in [6.07, 6.45) is 0. The minimum atomic E-state index is -0.396. The Hall–Kier alpha value is -1.71. The number of benzene rings is 2. The number of carbonyl (C=O) groups excluding carboxylic acids is 1. The number of halogens is 2. The van der Waals surface area contributed by atoms with Crippen LogP contribution in [0.15, 0.2) is 36.4 Å². The second kappa shape index (κ2) is 7.03. The second-order valence-corrected chi connectivity index (χ2v) is 6.07. The molecule has 0 aliphatic carbocycles. The zero-order chi connectivity index (χ0) is 16.3. The molecule has 0 saturated carbocycles. The normalized spacial score (nSPS) is 11.9. The maximum absolute atomic E-state index is 12.3. The molecule has 0 aliphatic heterocycles. The number of rotatable bonds is 4. The monoisotopic (exact) mass is 336 g/mol. The van der Waals surface area contributed by atoms with Crippen LogP contribution in [0, 0.1) is 13.8 Å². The van der Waals surface area contributed by atoms with E-state index in [4.69, 9.17) is 23.2 Å². The van der Waals surface area contributed by atoms with Crippen LogP contribution in [0.1, 0.15) is 18.1 Å². The fraction of sp³-hybridized carbons (Fsp3) is 0.235. The molecule has 2 N–H and O–H groups in total. The summed E-state index contributed by atoms with van der Waals surface area (Å²) in [6, 6.07) is 10.5. The SMILES string of the molecule is Cc1cccc(N[C@@H](C)C(=O)Nc2ccc(Cl)cc2Cl)c1C. The lowest BCUT2D eigenvalue weighted by Gasteiger charge is -2.18. The maximum atomic E-state index is 12.3. The molecular weight excluding hydrogens is 319 g/mol. The van der Waals surface area contributed by atoms with Gasteiger partial charge in [0.05, 0.1) is 10.7 Å². The first-order chi connectivity index (χ1) is 10.4. The number of hydrogen-bond donors (Lipinski definition) is 2. The highest BCUT2D eigenvalue weighted by atomic mass is 35.5. The van der Waals surface area contributed by atoms with Crippen molar-refractivity contribution in [3.05, 3.63) is 57.6 Å². The van der Waals surface area contributed by atoms with Crippen LogP contribution >= 0.6 is 23.2 Å². The van der Waals surface area contributed by atoms with E-state index in [0.29, 0.717) is 15.7 Å². The van der Waals surface area contributed by atoms with Gasteiger partial charge in [0.2, 0.25) is 5.91 Å². The van der Waals surface area contributed by atoms with Crippen LogP contribution in [-0.4, -0.2) is 11.9 Å². The molecule has 3 nitrogen and oxygen atoms in total. The van der Waals surface area contributed by atoms with Gasteiger partial charge in [0.1, 0.15) is 6.04 Å². The smallest absolute Gasteiger partial charge is 0.246 e. The number of carbonyl (C=O) groups is 1. The summed E-state index contributed by atoms with van der Waals surface area (Å²) < 4.78 is 0. The van der Waals surface area contributed by atoms with Crippen LogP contribution in [0.4, 0.5) is 11.4 Å². The van der Waals surface area contributed by atoms with Crippen LogP contribution in [-0.2, 0) is 4.79 Å². The third-order valence-electron chi connectivity index (χ3n) is 3.56. The minimum Gasteiger partial charge on any atom is -0.374 e. The molecule has 116 valence electrons. The molecule has 0 saturated heterocycles. The molecule has 0 aliphatic rings. The van der Waals surface area contributed by atoms with Crippen molar-refractivity contribution >= 4 is 40.5 Å². The molecule has 2 aromatic carbocycles. The third-order valence-corrected chi connectivity index (χ3v) is 4.11. The van der Waals surface area contributed by atoms with Crippen molar-refractivity contribution in [2.24, 2.45) is 0 Å². The summed E-state index contributed by atoms with van der Waals surface area (Å²) >= 11 is 11.9. The summed E-state index contributed by atoms with van der Waals surface area (Å²) in [7, 11) is 0. The van der Waals surface area contributed by atoms with Gasteiger partial charge in [0.15, 0.2) is 0 Å². The summed E-state index contributed by atoms with van der Waals surface area (Å²) in [6.45, 7) is 5.87. The van der Waals surface area contributed by atoms with E-state index in [0.717, 1.165) is 11.3 Å². The Kier molecular flexibility index (Phi) is 5.33. The van der Waals surface area contributed by atoms with Crippen LogP contribution in [0.25, 0.3) is 0 Å². The van der Waals surface area contributed by atoms with Crippen molar-refractivity contribution in [2.45, 2.75) is 26.8 Å². The van der Waals surface area contributed by atoms with Gasteiger partial charge in [0.25, 0.3) is 0 Å². The van der Waals surface area contributed by atoms with Gasteiger partial charge in [0, 0.05) is 10.7 Å². The number of aryl methyl sites for hydroxylation is 1. The van der Waals surface area contributed by atoms with Crippen molar-refractivity contribution in [1.82, 2.24) is 0 Å². The molecule has 0 bridgehead atoms.